The Morgan fingerprint density at radius 1 is 0.929 bits per heavy atom. The van der Waals surface area contributed by atoms with Gasteiger partial charge in [0.25, 0.3) is 10.0 Å². The third-order valence-electron chi connectivity index (χ3n) is 9.09. The second-order valence-corrected chi connectivity index (χ2v) is 13.5. The highest BCUT2D eigenvalue weighted by molar-refractivity contribution is 7.92. The first kappa shape index (κ1) is 28.4. The van der Waals surface area contributed by atoms with E-state index in [2.05, 4.69) is 11.6 Å². The quantitative estimate of drug-likeness (QED) is 0.309. The fourth-order valence-corrected chi connectivity index (χ4v) is 7.74. The van der Waals surface area contributed by atoms with Crippen LogP contribution in [0.5, 0.6) is 17.2 Å². The summed E-state index contributed by atoms with van der Waals surface area (Å²) in [5.74, 6) is 2.27. The molecule has 1 aliphatic heterocycles. The van der Waals surface area contributed by atoms with Crippen LogP contribution < -0.4 is 23.8 Å². The first-order valence-electron chi connectivity index (χ1n) is 14.7. The third kappa shape index (κ3) is 5.08. The summed E-state index contributed by atoms with van der Waals surface area (Å²) in [5.41, 5.74) is 2.28. The number of rotatable bonds is 9. The van der Waals surface area contributed by atoms with Crippen molar-refractivity contribution in [2.75, 3.05) is 23.8 Å². The molecule has 8 nitrogen and oxygen atoms in total. The number of sulfonamides is 1. The van der Waals surface area contributed by atoms with Crippen molar-refractivity contribution in [1.29, 1.82) is 0 Å². The number of para-hydroxylation sites is 1. The molecule has 2 saturated carbocycles. The Bertz CT molecular complexity index is 1570. The number of nitrogens with zero attached hydrogens (tertiary/aromatic N) is 1. The lowest BCUT2D eigenvalue weighted by Gasteiger charge is -2.37. The van der Waals surface area contributed by atoms with E-state index < -0.39 is 15.4 Å². The van der Waals surface area contributed by atoms with E-state index in [1.807, 2.05) is 35.2 Å². The monoisotopic (exact) mass is 590 g/mol. The van der Waals surface area contributed by atoms with Gasteiger partial charge in [0.2, 0.25) is 5.91 Å². The summed E-state index contributed by atoms with van der Waals surface area (Å²) in [6, 6.07) is 17.8. The van der Waals surface area contributed by atoms with Crippen LogP contribution in [0.25, 0.3) is 0 Å². The predicted octanol–water partition coefficient (Wildman–Crippen LogP) is 6.43. The van der Waals surface area contributed by atoms with E-state index in [0.29, 0.717) is 23.9 Å². The molecule has 2 fully saturated rings. The number of carbonyl (C=O) groups is 1. The van der Waals surface area contributed by atoms with E-state index in [-0.39, 0.29) is 22.7 Å². The van der Waals surface area contributed by atoms with Gasteiger partial charge in [0, 0.05) is 6.07 Å². The average molecular weight is 591 g/mol. The van der Waals surface area contributed by atoms with E-state index >= 15 is 0 Å². The van der Waals surface area contributed by atoms with E-state index in [1.54, 1.807) is 31.4 Å². The number of anilines is 2. The molecule has 3 aliphatic rings. The van der Waals surface area contributed by atoms with Crippen molar-refractivity contribution in [2.45, 2.75) is 74.8 Å². The number of hydrogen-bond acceptors (Lipinski definition) is 6. The van der Waals surface area contributed by atoms with Crippen molar-refractivity contribution < 1.29 is 27.4 Å². The van der Waals surface area contributed by atoms with Crippen LogP contribution in [0.4, 0.5) is 11.4 Å². The first-order chi connectivity index (χ1) is 20.2. The highest BCUT2D eigenvalue weighted by Gasteiger charge is 2.55. The molecule has 6 rings (SSSR count). The normalized spacial score (nSPS) is 21.0. The van der Waals surface area contributed by atoms with Gasteiger partial charge in [-0.1, -0.05) is 37.6 Å². The standard InChI is InChI=1S/C33H38N2O6S/c1-22-9-13-26(14-10-22)41-29-20-24(34-42(37,38)30-8-5-4-7-28(30)40-3)19-27-31(29)35(32(36)33(27)17-6-18-33)21-23-11-15-25(39-2)16-12-23/h4-5,7-8,11-12,15-16,19-20,22,26,34H,6,9-10,13-14,17-18,21H2,1-3H3. The summed E-state index contributed by atoms with van der Waals surface area (Å²) in [5, 5.41) is 0. The largest absolute Gasteiger partial charge is 0.497 e. The van der Waals surface area contributed by atoms with Crippen LogP contribution in [-0.4, -0.2) is 34.6 Å². The number of fused-ring (bicyclic) bond motifs is 2. The number of methoxy groups -OCH3 is 2. The van der Waals surface area contributed by atoms with Crippen molar-refractivity contribution >= 4 is 27.3 Å². The molecule has 3 aromatic rings. The van der Waals surface area contributed by atoms with Gasteiger partial charge in [0.05, 0.1) is 43.7 Å². The predicted molar refractivity (Wildman–Crippen MR) is 162 cm³/mol. The fourth-order valence-electron chi connectivity index (χ4n) is 6.53. The van der Waals surface area contributed by atoms with E-state index in [9.17, 15) is 13.2 Å². The number of carbonyl (C=O) groups excluding carboxylic acids is 1. The molecule has 9 heteroatoms. The number of nitrogens with one attached hydrogen (secondary N) is 1. The van der Waals surface area contributed by atoms with Gasteiger partial charge in [-0.15, -0.1) is 0 Å². The number of ether oxygens (including phenoxy) is 3. The molecule has 0 saturated heterocycles. The first-order valence-corrected chi connectivity index (χ1v) is 16.2. The Hall–Kier alpha value is -3.72. The van der Waals surface area contributed by atoms with E-state index in [4.69, 9.17) is 14.2 Å². The molecule has 1 heterocycles. The molecular formula is C33H38N2O6S. The number of amides is 1. The molecule has 3 aromatic carbocycles. The summed E-state index contributed by atoms with van der Waals surface area (Å²) < 4.78 is 47.3. The fraction of sp³-hybridized carbons (Fsp3) is 0.424. The topological polar surface area (TPSA) is 94.2 Å². The minimum atomic E-state index is -3.98. The Balaban J connectivity index is 1.43. The van der Waals surface area contributed by atoms with Crippen LogP contribution in [0.1, 0.15) is 63.0 Å². The van der Waals surface area contributed by atoms with E-state index in [0.717, 1.165) is 67.5 Å². The molecule has 0 aromatic heterocycles. The SMILES string of the molecule is COc1ccc(CN2C(=O)C3(CCC3)c3cc(NS(=O)(=O)c4ccccc4OC)cc(OC4CCC(C)CC4)c32)cc1. The van der Waals surface area contributed by atoms with Crippen LogP contribution in [-0.2, 0) is 26.8 Å². The molecule has 1 spiro atoms. The van der Waals surface area contributed by atoms with Crippen LogP contribution in [0.15, 0.2) is 65.6 Å². The Kier molecular flexibility index (Phi) is 7.55. The highest BCUT2D eigenvalue weighted by atomic mass is 32.2. The van der Waals surface area contributed by atoms with Gasteiger partial charge in [0.15, 0.2) is 0 Å². The number of hydrogen-bond donors (Lipinski definition) is 1. The van der Waals surface area contributed by atoms with E-state index in [1.165, 1.54) is 13.2 Å². The average Bonchev–Trinajstić information content (AvgIpc) is 3.22. The molecule has 0 radical (unpaired) electrons. The highest BCUT2D eigenvalue weighted by Crippen LogP contribution is 2.57. The minimum Gasteiger partial charge on any atom is -0.497 e. The molecule has 0 atom stereocenters. The molecule has 2 aliphatic carbocycles. The minimum absolute atomic E-state index is 0.00209. The number of benzene rings is 3. The van der Waals surface area contributed by atoms with Gasteiger partial charge in [-0.05, 0) is 85.9 Å². The third-order valence-corrected chi connectivity index (χ3v) is 10.5. The van der Waals surface area contributed by atoms with Crippen molar-refractivity contribution in [3.8, 4) is 17.2 Å². The zero-order chi connectivity index (χ0) is 29.5. The lowest BCUT2D eigenvalue weighted by atomic mass is 9.65. The second-order valence-electron chi connectivity index (χ2n) is 11.8. The van der Waals surface area contributed by atoms with Crippen LogP contribution >= 0.6 is 0 Å². The van der Waals surface area contributed by atoms with Crippen LogP contribution in [0.3, 0.4) is 0 Å². The summed E-state index contributed by atoms with van der Waals surface area (Å²) in [4.78, 5) is 16.1. The van der Waals surface area contributed by atoms with Gasteiger partial charge in [0.1, 0.15) is 22.1 Å². The van der Waals surface area contributed by atoms with Crippen LogP contribution in [0, 0.1) is 5.92 Å². The molecule has 0 unspecified atom stereocenters. The van der Waals surface area contributed by atoms with Gasteiger partial charge in [-0.2, -0.15) is 0 Å². The maximum absolute atomic E-state index is 14.2. The molecule has 0 bridgehead atoms. The van der Waals surface area contributed by atoms with Crippen molar-refractivity contribution in [1.82, 2.24) is 0 Å². The summed E-state index contributed by atoms with van der Waals surface area (Å²) in [6.45, 7) is 2.65. The zero-order valence-electron chi connectivity index (χ0n) is 24.4. The van der Waals surface area contributed by atoms with Crippen molar-refractivity contribution in [2.24, 2.45) is 5.92 Å². The van der Waals surface area contributed by atoms with Crippen LogP contribution in [0.2, 0.25) is 0 Å². The molecule has 222 valence electrons. The summed E-state index contributed by atoms with van der Waals surface area (Å²) in [7, 11) is -0.901. The lowest BCUT2D eigenvalue weighted by Crippen LogP contribution is -2.44. The van der Waals surface area contributed by atoms with Gasteiger partial charge < -0.3 is 19.1 Å². The Morgan fingerprint density at radius 2 is 1.64 bits per heavy atom. The van der Waals surface area contributed by atoms with Gasteiger partial charge >= 0.3 is 0 Å². The summed E-state index contributed by atoms with van der Waals surface area (Å²) >= 11 is 0. The van der Waals surface area contributed by atoms with Gasteiger partial charge in [-0.25, -0.2) is 8.42 Å². The maximum Gasteiger partial charge on any atom is 0.265 e. The smallest absolute Gasteiger partial charge is 0.265 e. The Morgan fingerprint density at radius 3 is 2.29 bits per heavy atom. The second kappa shape index (κ2) is 11.2. The molecule has 42 heavy (non-hydrogen) atoms. The molecule has 1 N–H and O–H groups in total. The lowest BCUT2D eigenvalue weighted by molar-refractivity contribution is -0.126. The maximum atomic E-state index is 14.2. The van der Waals surface area contributed by atoms with Gasteiger partial charge in [-0.3, -0.25) is 9.52 Å². The Labute approximate surface area is 248 Å². The molecular weight excluding hydrogens is 552 g/mol. The zero-order valence-corrected chi connectivity index (χ0v) is 25.2. The summed E-state index contributed by atoms with van der Waals surface area (Å²) in [6.07, 6.45) is 6.38. The van der Waals surface area contributed by atoms with Crippen molar-refractivity contribution in [3.63, 3.8) is 0 Å². The molecule has 1 amide bonds. The van der Waals surface area contributed by atoms with Crippen molar-refractivity contribution in [3.05, 3.63) is 71.8 Å².